The molecule has 24 heavy (non-hydrogen) atoms. The van der Waals surface area contributed by atoms with E-state index in [0.717, 1.165) is 37.7 Å². The summed E-state index contributed by atoms with van der Waals surface area (Å²) in [5.41, 5.74) is 0.917. The van der Waals surface area contributed by atoms with Crippen LogP contribution in [0.5, 0.6) is 0 Å². The van der Waals surface area contributed by atoms with Crippen molar-refractivity contribution in [3.8, 4) is 0 Å². The molecule has 1 heterocycles. The summed E-state index contributed by atoms with van der Waals surface area (Å²) in [6, 6.07) is 5.56. The summed E-state index contributed by atoms with van der Waals surface area (Å²) in [6.07, 6.45) is 5.30. The van der Waals surface area contributed by atoms with E-state index in [1.807, 2.05) is 12.1 Å². The topological polar surface area (TPSA) is 27.7 Å². The van der Waals surface area contributed by atoms with Gasteiger partial charge in [-0.2, -0.15) is 4.89 Å². The zero-order valence-electron chi connectivity index (χ0n) is 13.6. The van der Waals surface area contributed by atoms with Crippen molar-refractivity contribution in [2.75, 3.05) is 7.11 Å². The highest BCUT2D eigenvalue weighted by atomic mass is 35.5. The lowest BCUT2D eigenvalue weighted by atomic mass is 9.46. The minimum absolute atomic E-state index is 0.0702. The molecule has 3 nitrogen and oxygen atoms in total. The Hall–Kier alpha value is -0.255. The third kappa shape index (κ3) is 1.77. The minimum atomic E-state index is -0.929. The van der Waals surface area contributed by atoms with Gasteiger partial charge < -0.3 is 4.74 Å². The highest BCUT2D eigenvalue weighted by Gasteiger charge is 2.78. The Labute approximate surface area is 153 Å². The maximum absolute atomic E-state index is 6.89. The van der Waals surface area contributed by atoms with Crippen molar-refractivity contribution in [3.63, 3.8) is 0 Å². The Balaban J connectivity index is 1.62. The van der Waals surface area contributed by atoms with Crippen LogP contribution in [0.1, 0.15) is 37.7 Å². The molecule has 6 heteroatoms. The molecule has 0 aromatic heterocycles. The van der Waals surface area contributed by atoms with E-state index < -0.39 is 11.4 Å². The van der Waals surface area contributed by atoms with E-state index in [0.29, 0.717) is 28.2 Å². The smallest absolute Gasteiger partial charge is 0.260 e. The molecule has 3 unspecified atom stereocenters. The van der Waals surface area contributed by atoms with E-state index in [2.05, 4.69) is 0 Å². The standard InChI is InChI=1S/C18H19BCl2O3/c1-22-18(11-2-3-15(20)14(19)6-11)17(23-24-18)12-4-10-5-13(17)9-16(21,7-10)8-12/h2-3,6,10,12-13H,4-5,7-9H2,1H3. The van der Waals surface area contributed by atoms with E-state index >= 15 is 0 Å². The molecular formula is C18H19BCl2O3. The van der Waals surface area contributed by atoms with E-state index in [4.69, 9.17) is 45.6 Å². The number of benzene rings is 1. The Morgan fingerprint density at radius 1 is 1.17 bits per heavy atom. The molecule has 1 aromatic rings. The average Bonchev–Trinajstić information content (AvgIpc) is 2.49. The second-order valence-electron chi connectivity index (χ2n) is 8.01. The van der Waals surface area contributed by atoms with Gasteiger partial charge in [-0.15, -0.1) is 11.6 Å². The van der Waals surface area contributed by atoms with E-state index in [-0.39, 0.29) is 4.87 Å². The summed E-state index contributed by atoms with van der Waals surface area (Å²) in [6.45, 7) is 0. The van der Waals surface area contributed by atoms with Gasteiger partial charge in [-0.1, -0.05) is 29.2 Å². The van der Waals surface area contributed by atoms with Crippen LogP contribution in [0.15, 0.2) is 18.2 Å². The summed E-state index contributed by atoms with van der Waals surface area (Å²) in [7, 11) is 7.71. The molecule has 126 valence electrons. The van der Waals surface area contributed by atoms with Crippen LogP contribution in [-0.4, -0.2) is 25.4 Å². The fourth-order valence-electron chi connectivity index (χ4n) is 6.09. The normalized spacial score (nSPS) is 48.7. The lowest BCUT2D eigenvalue weighted by Gasteiger charge is -2.70. The van der Waals surface area contributed by atoms with Gasteiger partial charge in [0.1, 0.15) is 7.85 Å². The molecule has 5 fully saturated rings. The van der Waals surface area contributed by atoms with Gasteiger partial charge in [0, 0.05) is 22.6 Å². The molecule has 2 radical (unpaired) electrons. The van der Waals surface area contributed by atoms with Crippen molar-refractivity contribution in [2.24, 2.45) is 17.8 Å². The predicted molar refractivity (Wildman–Crippen MR) is 92.6 cm³/mol. The Morgan fingerprint density at radius 3 is 2.38 bits per heavy atom. The molecule has 6 rings (SSSR count). The maximum Gasteiger partial charge on any atom is 0.260 e. The van der Waals surface area contributed by atoms with Gasteiger partial charge in [-0.05, 0) is 55.9 Å². The van der Waals surface area contributed by atoms with E-state index in [1.54, 1.807) is 13.2 Å². The number of hydrogen-bond acceptors (Lipinski definition) is 3. The first kappa shape index (κ1) is 16.0. The van der Waals surface area contributed by atoms with Crippen molar-refractivity contribution < 1.29 is 14.5 Å². The summed E-state index contributed by atoms with van der Waals surface area (Å²) in [5, 5.41) is 0.532. The molecule has 0 amide bonds. The lowest BCUT2D eigenvalue weighted by molar-refractivity contribution is -0.645. The molecule has 3 atom stereocenters. The van der Waals surface area contributed by atoms with Crippen LogP contribution in [0, 0.1) is 17.8 Å². The number of alkyl halides is 1. The van der Waals surface area contributed by atoms with Crippen LogP contribution in [0.2, 0.25) is 5.02 Å². The number of hydrogen-bond donors (Lipinski definition) is 0. The molecule has 5 aliphatic rings. The molecule has 4 bridgehead atoms. The number of rotatable bonds is 2. The van der Waals surface area contributed by atoms with Crippen LogP contribution in [0.25, 0.3) is 0 Å². The van der Waals surface area contributed by atoms with Crippen molar-refractivity contribution in [3.05, 3.63) is 28.8 Å². The van der Waals surface area contributed by atoms with Crippen LogP contribution in [-0.2, 0) is 20.3 Å². The zero-order valence-corrected chi connectivity index (χ0v) is 15.1. The molecule has 4 aliphatic carbocycles. The summed E-state index contributed by atoms with van der Waals surface area (Å²) in [4.78, 5) is 11.5. The van der Waals surface area contributed by atoms with Crippen molar-refractivity contribution >= 4 is 36.5 Å². The van der Waals surface area contributed by atoms with Gasteiger partial charge in [-0.25, -0.2) is 4.89 Å². The Bertz CT molecular complexity index is 692. The molecular weight excluding hydrogens is 346 g/mol. The zero-order chi connectivity index (χ0) is 16.7. The second kappa shape index (κ2) is 4.92. The lowest BCUT2D eigenvalue weighted by Crippen LogP contribution is -2.78. The van der Waals surface area contributed by atoms with Crippen molar-refractivity contribution in [1.82, 2.24) is 0 Å². The first-order valence-corrected chi connectivity index (χ1v) is 9.34. The van der Waals surface area contributed by atoms with Gasteiger partial charge in [0.2, 0.25) is 0 Å². The fourth-order valence-corrected chi connectivity index (χ4v) is 6.80. The Kier molecular flexibility index (Phi) is 3.27. The Morgan fingerprint density at radius 2 is 1.88 bits per heavy atom. The molecule has 1 spiro atoms. The summed E-state index contributed by atoms with van der Waals surface area (Å²) >= 11 is 13.0. The molecule has 1 saturated heterocycles. The number of methoxy groups -OCH3 is 1. The first-order valence-electron chi connectivity index (χ1n) is 8.59. The molecule has 1 aromatic carbocycles. The van der Waals surface area contributed by atoms with Gasteiger partial charge in [0.25, 0.3) is 5.79 Å². The van der Waals surface area contributed by atoms with Crippen LogP contribution in [0.3, 0.4) is 0 Å². The number of ether oxygens (including phenoxy) is 1. The maximum atomic E-state index is 6.89. The molecule has 1 aliphatic heterocycles. The number of halogens is 2. The van der Waals surface area contributed by atoms with Crippen molar-refractivity contribution in [2.45, 2.75) is 48.4 Å². The van der Waals surface area contributed by atoms with Gasteiger partial charge >= 0.3 is 0 Å². The fraction of sp³-hybridized carbons (Fsp3) is 0.667. The first-order chi connectivity index (χ1) is 11.4. The van der Waals surface area contributed by atoms with Gasteiger partial charge in [0.05, 0.1) is 0 Å². The molecule has 0 N–H and O–H groups in total. The minimum Gasteiger partial charge on any atom is -0.345 e. The largest absolute Gasteiger partial charge is 0.345 e. The predicted octanol–water partition coefficient (Wildman–Crippen LogP) is 3.45. The highest BCUT2D eigenvalue weighted by molar-refractivity contribution is 6.45. The third-order valence-corrected chi connectivity index (χ3v) is 7.61. The monoisotopic (exact) mass is 364 g/mol. The summed E-state index contributed by atoms with van der Waals surface area (Å²) < 4.78 is 5.98. The summed E-state index contributed by atoms with van der Waals surface area (Å²) in [5.74, 6) is 0.444. The second-order valence-corrected chi connectivity index (χ2v) is 9.22. The molecule has 4 saturated carbocycles. The van der Waals surface area contributed by atoms with E-state index in [1.165, 1.54) is 0 Å². The van der Waals surface area contributed by atoms with Crippen LogP contribution >= 0.6 is 23.2 Å². The van der Waals surface area contributed by atoms with Crippen LogP contribution in [0.4, 0.5) is 0 Å². The van der Waals surface area contributed by atoms with E-state index in [9.17, 15) is 0 Å². The highest BCUT2D eigenvalue weighted by Crippen LogP contribution is 2.71. The van der Waals surface area contributed by atoms with Crippen LogP contribution < -0.4 is 5.46 Å². The quantitative estimate of drug-likeness (QED) is 0.457. The third-order valence-electron chi connectivity index (χ3n) is 6.80. The average molecular weight is 365 g/mol. The van der Waals surface area contributed by atoms with Gasteiger partial charge in [-0.3, -0.25) is 0 Å². The van der Waals surface area contributed by atoms with Crippen molar-refractivity contribution in [1.29, 1.82) is 0 Å². The SMILES string of the molecule is [B]c1cc(C2(OC)OOC23C2CC4CC3CC(Cl)(C4)C2)ccc1Cl. The van der Waals surface area contributed by atoms with Gasteiger partial charge in [0.15, 0.2) is 5.60 Å².